The molecule has 19 heavy (non-hydrogen) atoms. The molecule has 2 rings (SSSR count). The van der Waals surface area contributed by atoms with Crippen LogP contribution < -0.4 is 4.90 Å². The van der Waals surface area contributed by atoms with Crippen LogP contribution in [0, 0.1) is 6.92 Å². The van der Waals surface area contributed by atoms with Crippen LogP contribution in [-0.4, -0.2) is 23.2 Å². The number of hydrogen-bond donors (Lipinski definition) is 2. The molecule has 5 heteroatoms. The van der Waals surface area contributed by atoms with Gasteiger partial charge in [-0.25, -0.2) is 4.79 Å². The highest BCUT2D eigenvalue weighted by atomic mass is 32.1. The van der Waals surface area contributed by atoms with Gasteiger partial charge in [0.25, 0.3) is 0 Å². The molecule has 0 saturated carbocycles. The minimum atomic E-state index is -0.883. The van der Waals surface area contributed by atoms with Gasteiger partial charge in [0.15, 0.2) is 0 Å². The van der Waals surface area contributed by atoms with Gasteiger partial charge in [-0.3, -0.25) is 0 Å². The van der Waals surface area contributed by atoms with Gasteiger partial charge in [-0.05, 0) is 42.8 Å². The molecule has 0 aliphatic heterocycles. The van der Waals surface area contributed by atoms with Crippen molar-refractivity contribution in [2.45, 2.75) is 13.5 Å². The maximum atomic E-state index is 10.9. The monoisotopic (exact) mass is 277 g/mol. The number of phenols is 1. The second-order valence-electron chi connectivity index (χ2n) is 4.37. The first-order chi connectivity index (χ1) is 8.97. The average Bonchev–Trinajstić information content (AvgIpc) is 2.72. The average molecular weight is 277 g/mol. The van der Waals surface area contributed by atoms with Crippen molar-refractivity contribution in [3.63, 3.8) is 0 Å². The van der Waals surface area contributed by atoms with E-state index in [2.05, 4.69) is 0 Å². The van der Waals surface area contributed by atoms with E-state index in [-0.39, 0.29) is 5.75 Å². The smallest absolute Gasteiger partial charge is 0.345 e. The summed E-state index contributed by atoms with van der Waals surface area (Å²) < 4.78 is 0. The van der Waals surface area contributed by atoms with Crippen molar-refractivity contribution in [3.8, 4) is 5.75 Å². The van der Waals surface area contributed by atoms with Crippen LogP contribution in [0.2, 0.25) is 0 Å². The molecule has 0 atom stereocenters. The van der Waals surface area contributed by atoms with E-state index in [0.29, 0.717) is 11.4 Å². The second kappa shape index (κ2) is 5.32. The Kier molecular flexibility index (Phi) is 3.76. The highest BCUT2D eigenvalue weighted by Crippen LogP contribution is 2.25. The Bertz CT molecular complexity index is 589. The van der Waals surface area contributed by atoms with E-state index in [1.54, 1.807) is 18.2 Å². The third-order valence-electron chi connectivity index (χ3n) is 2.93. The lowest BCUT2D eigenvalue weighted by Crippen LogP contribution is -2.16. The quantitative estimate of drug-likeness (QED) is 0.901. The van der Waals surface area contributed by atoms with Crippen LogP contribution in [0.4, 0.5) is 5.69 Å². The largest absolute Gasteiger partial charge is 0.508 e. The summed E-state index contributed by atoms with van der Waals surface area (Å²) in [5.74, 6) is -0.649. The SMILES string of the molecule is Cc1sc(C(=O)O)cc1CN(C)c1ccc(O)cc1. The number of carboxylic acids is 1. The van der Waals surface area contributed by atoms with Gasteiger partial charge in [-0.2, -0.15) is 0 Å². The van der Waals surface area contributed by atoms with Crippen LogP contribution in [0.15, 0.2) is 30.3 Å². The van der Waals surface area contributed by atoms with Crippen LogP contribution >= 0.6 is 11.3 Å². The normalized spacial score (nSPS) is 10.4. The van der Waals surface area contributed by atoms with Crippen molar-refractivity contribution >= 4 is 23.0 Å². The predicted octanol–water partition coefficient (Wildman–Crippen LogP) is 3.10. The van der Waals surface area contributed by atoms with Gasteiger partial charge >= 0.3 is 5.97 Å². The highest BCUT2D eigenvalue weighted by molar-refractivity contribution is 7.14. The first kappa shape index (κ1) is 13.4. The molecule has 0 saturated heterocycles. The first-order valence-electron chi connectivity index (χ1n) is 5.80. The number of carbonyl (C=O) groups is 1. The molecule has 2 N–H and O–H groups in total. The molecule has 0 amide bonds. The molecular weight excluding hydrogens is 262 g/mol. The Morgan fingerprint density at radius 2 is 1.95 bits per heavy atom. The minimum Gasteiger partial charge on any atom is -0.508 e. The van der Waals surface area contributed by atoms with E-state index in [0.717, 1.165) is 16.1 Å². The summed E-state index contributed by atoms with van der Waals surface area (Å²) in [4.78, 5) is 14.3. The first-order valence-corrected chi connectivity index (χ1v) is 6.62. The number of aryl methyl sites for hydroxylation is 1. The summed E-state index contributed by atoms with van der Waals surface area (Å²) in [6.45, 7) is 2.57. The third kappa shape index (κ3) is 3.06. The maximum absolute atomic E-state index is 10.9. The molecule has 0 radical (unpaired) electrons. The Morgan fingerprint density at radius 1 is 1.32 bits per heavy atom. The number of hydrogen-bond acceptors (Lipinski definition) is 4. The van der Waals surface area contributed by atoms with Gasteiger partial charge in [-0.15, -0.1) is 11.3 Å². The van der Waals surface area contributed by atoms with Crippen LogP contribution in [0.5, 0.6) is 5.75 Å². The maximum Gasteiger partial charge on any atom is 0.345 e. The molecule has 0 aliphatic rings. The standard InChI is InChI=1S/C14H15NO3S/c1-9-10(7-13(19-9)14(17)18)8-15(2)11-3-5-12(16)6-4-11/h3-7,16H,8H2,1-2H3,(H,17,18). The lowest BCUT2D eigenvalue weighted by Gasteiger charge is -2.19. The lowest BCUT2D eigenvalue weighted by atomic mass is 10.2. The molecular formula is C14H15NO3S. The molecule has 2 aromatic rings. The zero-order valence-electron chi connectivity index (χ0n) is 10.8. The van der Waals surface area contributed by atoms with Crippen molar-refractivity contribution in [1.29, 1.82) is 0 Å². The predicted molar refractivity (Wildman–Crippen MR) is 76.2 cm³/mol. The number of carboxylic acid groups (broad SMARTS) is 1. The van der Waals surface area contributed by atoms with E-state index in [4.69, 9.17) is 5.11 Å². The number of aromatic hydroxyl groups is 1. The lowest BCUT2D eigenvalue weighted by molar-refractivity contribution is 0.0702. The number of rotatable bonds is 4. The molecule has 100 valence electrons. The van der Waals surface area contributed by atoms with Gasteiger partial charge in [0.2, 0.25) is 0 Å². The summed E-state index contributed by atoms with van der Waals surface area (Å²) in [6.07, 6.45) is 0. The summed E-state index contributed by atoms with van der Waals surface area (Å²) in [5, 5.41) is 18.2. The van der Waals surface area contributed by atoms with Crippen LogP contribution in [0.25, 0.3) is 0 Å². The fraction of sp³-hybridized carbons (Fsp3) is 0.214. The highest BCUT2D eigenvalue weighted by Gasteiger charge is 2.12. The summed E-state index contributed by atoms with van der Waals surface area (Å²) in [5.41, 5.74) is 1.98. The Labute approximate surface area is 115 Å². The van der Waals surface area contributed by atoms with Crippen molar-refractivity contribution in [2.75, 3.05) is 11.9 Å². The van der Waals surface area contributed by atoms with E-state index in [9.17, 15) is 9.90 Å². The van der Waals surface area contributed by atoms with E-state index >= 15 is 0 Å². The summed E-state index contributed by atoms with van der Waals surface area (Å²) in [7, 11) is 1.93. The van der Waals surface area contributed by atoms with Crippen molar-refractivity contribution in [3.05, 3.63) is 45.6 Å². The Balaban J connectivity index is 2.16. The number of nitrogens with zero attached hydrogens (tertiary/aromatic N) is 1. The number of anilines is 1. The number of aromatic carboxylic acids is 1. The Hall–Kier alpha value is -2.01. The van der Waals surface area contributed by atoms with E-state index in [1.165, 1.54) is 11.3 Å². The summed E-state index contributed by atoms with van der Waals surface area (Å²) >= 11 is 1.30. The van der Waals surface area contributed by atoms with Crippen molar-refractivity contribution in [2.24, 2.45) is 0 Å². The minimum absolute atomic E-state index is 0.233. The molecule has 1 aromatic heterocycles. The van der Waals surface area contributed by atoms with Gasteiger partial charge in [0, 0.05) is 24.2 Å². The number of benzene rings is 1. The second-order valence-corrected chi connectivity index (χ2v) is 5.63. The van der Waals surface area contributed by atoms with Crippen LogP contribution in [0.1, 0.15) is 20.1 Å². The molecule has 0 fully saturated rings. The molecule has 0 bridgehead atoms. The fourth-order valence-electron chi connectivity index (χ4n) is 1.84. The zero-order chi connectivity index (χ0) is 14.0. The molecule has 1 aromatic carbocycles. The molecule has 0 aliphatic carbocycles. The number of phenolic OH excluding ortho intramolecular Hbond substituents is 1. The van der Waals surface area contributed by atoms with Crippen molar-refractivity contribution < 1.29 is 15.0 Å². The Morgan fingerprint density at radius 3 is 2.47 bits per heavy atom. The van der Waals surface area contributed by atoms with Gasteiger partial charge in [-0.1, -0.05) is 0 Å². The molecule has 1 heterocycles. The zero-order valence-corrected chi connectivity index (χ0v) is 11.6. The number of thiophene rings is 1. The summed E-state index contributed by atoms with van der Waals surface area (Å²) in [6, 6.07) is 8.65. The molecule has 0 unspecified atom stereocenters. The van der Waals surface area contributed by atoms with Gasteiger partial charge < -0.3 is 15.1 Å². The van der Waals surface area contributed by atoms with Crippen molar-refractivity contribution in [1.82, 2.24) is 0 Å². The van der Waals surface area contributed by atoms with Gasteiger partial charge in [0.1, 0.15) is 10.6 Å². The fourth-order valence-corrected chi connectivity index (χ4v) is 2.71. The van der Waals surface area contributed by atoms with Crippen LogP contribution in [-0.2, 0) is 6.54 Å². The molecule has 4 nitrogen and oxygen atoms in total. The van der Waals surface area contributed by atoms with Gasteiger partial charge in [0.05, 0.1) is 0 Å². The third-order valence-corrected chi connectivity index (χ3v) is 4.01. The topological polar surface area (TPSA) is 60.8 Å². The van der Waals surface area contributed by atoms with E-state index < -0.39 is 5.97 Å². The van der Waals surface area contributed by atoms with Crippen LogP contribution in [0.3, 0.4) is 0 Å². The molecule has 0 spiro atoms. The van der Waals surface area contributed by atoms with E-state index in [1.807, 2.05) is 31.0 Å².